The van der Waals surface area contributed by atoms with Gasteiger partial charge in [-0.3, -0.25) is 4.79 Å². The fraction of sp³-hybridized carbons (Fsp3) is 0.636. The van der Waals surface area contributed by atoms with E-state index >= 15 is 0 Å². The molecule has 1 aliphatic rings. The molecule has 0 aliphatic carbocycles. The second-order valence-corrected chi connectivity index (χ2v) is 4.31. The van der Waals surface area contributed by atoms with Crippen molar-refractivity contribution < 1.29 is 5.11 Å². The van der Waals surface area contributed by atoms with Gasteiger partial charge in [-0.1, -0.05) is 6.42 Å². The van der Waals surface area contributed by atoms with Crippen LogP contribution in [0.25, 0.3) is 0 Å². The molecule has 16 heavy (non-hydrogen) atoms. The third-order valence-electron chi connectivity index (χ3n) is 3.03. The van der Waals surface area contributed by atoms with Gasteiger partial charge >= 0.3 is 0 Å². The van der Waals surface area contributed by atoms with Gasteiger partial charge in [0.25, 0.3) is 5.56 Å². The van der Waals surface area contributed by atoms with Gasteiger partial charge in [0.2, 0.25) is 5.88 Å². The van der Waals surface area contributed by atoms with Crippen LogP contribution in [-0.4, -0.2) is 27.7 Å². The first-order valence-corrected chi connectivity index (χ1v) is 5.69. The molecular weight excluding hydrogens is 206 g/mol. The monoisotopic (exact) mass is 223 g/mol. The van der Waals surface area contributed by atoms with E-state index in [1.54, 1.807) is 6.92 Å². The predicted molar refractivity (Wildman–Crippen MR) is 60.6 cm³/mol. The molecule has 1 aliphatic heterocycles. The first kappa shape index (κ1) is 11.1. The molecule has 2 rings (SSSR count). The highest BCUT2D eigenvalue weighted by Crippen LogP contribution is 2.12. The molecule has 88 valence electrons. The van der Waals surface area contributed by atoms with Crippen LogP contribution in [0.4, 0.5) is 0 Å². The van der Waals surface area contributed by atoms with Gasteiger partial charge in [-0.25, -0.2) is 4.98 Å². The molecule has 0 aromatic carbocycles. The molecule has 1 aromatic rings. The van der Waals surface area contributed by atoms with Gasteiger partial charge in [-0.05, 0) is 26.3 Å². The van der Waals surface area contributed by atoms with Crippen molar-refractivity contribution in [1.29, 1.82) is 0 Å². The summed E-state index contributed by atoms with van der Waals surface area (Å²) in [4.78, 5) is 18.1. The summed E-state index contributed by atoms with van der Waals surface area (Å²) < 4.78 is 0. The molecule has 0 bridgehead atoms. The van der Waals surface area contributed by atoms with Crippen LogP contribution in [0.5, 0.6) is 5.88 Å². The van der Waals surface area contributed by atoms with E-state index in [9.17, 15) is 9.90 Å². The molecule has 1 saturated heterocycles. The molecule has 2 heterocycles. The smallest absolute Gasteiger partial charge is 0.257 e. The van der Waals surface area contributed by atoms with E-state index in [4.69, 9.17) is 0 Å². The summed E-state index contributed by atoms with van der Waals surface area (Å²) >= 11 is 0. The Morgan fingerprint density at radius 3 is 2.94 bits per heavy atom. The summed E-state index contributed by atoms with van der Waals surface area (Å²) in [6.07, 6.45) is 4.18. The quantitative estimate of drug-likeness (QED) is 0.681. The topological polar surface area (TPSA) is 78.0 Å². The molecular formula is C11H17N3O2. The number of aromatic nitrogens is 2. The number of piperidine rings is 1. The number of aromatic hydroxyl groups is 1. The lowest BCUT2D eigenvalue weighted by Gasteiger charge is -2.22. The molecule has 1 aromatic heterocycles. The Hall–Kier alpha value is -1.36. The first-order chi connectivity index (χ1) is 7.66. The van der Waals surface area contributed by atoms with Crippen LogP contribution in [-0.2, 0) is 6.42 Å². The standard InChI is InChI=1S/C11H17N3O2/c1-7-10(15)13-9(14-11(7)16)6-8-4-2-3-5-12-8/h8,12H,2-6H2,1H3,(H2,13,14,15,16). The molecule has 5 nitrogen and oxygen atoms in total. The van der Waals surface area contributed by atoms with E-state index in [1.165, 1.54) is 12.8 Å². The molecule has 1 unspecified atom stereocenters. The van der Waals surface area contributed by atoms with Crippen molar-refractivity contribution in [2.24, 2.45) is 0 Å². The fourth-order valence-corrected chi connectivity index (χ4v) is 1.99. The summed E-state index contributed by atoms with van der Waals surface area (Å²) in [7, 11) is 0. The van der Waals surface area contributed by atoms with Gasteiger partial charge in [0.05, 0.1) is 5.56 Å². The zero-order chi connectivity index (χ0) is 11.5. The van der Waals surface area contributed by atoms with Crippen molar-refractivity contribution >= 4 is 0 Å². The van der Waals surface area contributed by atoms with Crippen LogP contribution in [0, 0.1) is 6.92 Å². The molecule has 0 amide bonds. The normalized spacial score (nSPS) is 20.9. The molecule has 0 saturated carbocycles. The number of nitrogens with one attached hydrogen (secondary N) is 2. The second-order valence-electron chi connectivity index (χ2n) is 4.31. The molecule has 1 atom stereocenters. The Morgan fingerprint density at radius 1 is 1.50 bits per heavy atom. The predicted octanol–water partition coefficient (Wildman–Crippen LogP) is 0.469. The lowest BCUT2D eigenvalue weighted by Crippen LogP contribution is -2.36. The van der Waals surface area contributed by atoms with Crippen molar-refractivity contribution in [3.8, 4) is 5.88 Å². The molecule has 3 N–H and O–H groups in total. The Labute approximate surface area is 93.9 Å². The fourth-order valence-electron chi connectivity index (χ4n) is 1.99. The Kier molecular flexibility index (Phi) is 3.24. The van der Waals surface area contributed by atoms with Gasteiger partial charge in [0, 0.05) is 12.5 Å². The van der Waals surface area contributed by atoms with Crippen LogP contribution < -0.4 is 10.9 Å². The van der Waals surface area contributed by atoms with Gasteiger partial charge in [-0.15, -0.1) is 0 Å². The molecule has 0 spiro atoms. The van der Waals surface area contributed by atoms with E-state index < -0.39 is 0 Å². The van der Waals surface area contributed by atoms with Gasteiger partial charge in [-0.2, -0.15) is 0 Å². The van der Waals surface area contributed by atoms with Crippen LogP contribution in [0.1, 0.15) is 30.7 Å². The maximum absolute atomic E-state index is 11.4. The van der Waals surface area contributed by atoms with E-state index in [0.717, 1.165) is 13.0 Å². The minimum atomic E-state index is -0.252. The zero-order valence-electron chi connectivity index (χ0n) is 9.42. The van der Waals surface area contributed by atoms with Crippen LogP contribution in [0.15, 0.2) is 4.79 Å². The van der Waals surface area contributed by atoms with Crippen LogP contribution in [0.3, 0.4) is 0 Å². The Bertz CT molecular complexity index is 422. The summed E-state index contributed by atoms with van der Waals surface area (Å²) in [6, 6.07) is 0.360. The van der Waals surface area contributed by atoms with Crippen LogP contribution in [0.2, 0.25) is 0 Å². The van der Waals surface area contributed by atoms with E-state index in [-0.39, 0.29) is 17.0 Å². The third kappa shape index (κ3) is 2.41. The molecule has 5 heteroatoms. The van der Waals surface area contributed by atoms with Gasteiger partial charge < -0.3 is 15.4 Å². The number of H-pyrrole nitrogens is 1. The highest BCUT2D eigenvalue weighted by Gasteiger charge is 2.15. The first-order valence-electron chi connectivity index (χ1n) is 5.69. The second kappa shape index (κ2) is 4.65. The van der Waals surface area contributed by atoms with E-state index in [1.807, 2.05) is 0 Å². The molecule has 1 fully saturated rings. The largest absolute Gasteiger partial charge is 0.493 e. The van der Waals surface area contributed by atoms with E-state index in [0.29, 0.717) is 18.3 Å². The average molecular weight is 223 g/mol. The summed E-state index contributed by atoms with van der Waals surface area (Å²) in [5.41, 5.74) is 0.0265. The highest BCUT2D eigenvalue weighted by molar-refractivity contribution is 5.20. The maximum atomic E-state index is 11.4. The van der Waals surface area contributed by atoms with Crippen molar-refractivity contribution in [3.05, 3.63) is 21.7 Å². The lowest BCUT2D eigenvalue weighted by atomic mass is 10.0. The number of hydrogen-bond donors (Lipinski definition) is 3. The highest BCUT2D eigenvalue weighted by atomic mass is 16.3. The number of hydrogen-bond acceptors (Lipinski definition) is 4. The summed E-state index contributed by atoms with van der Waals surface area (Å²) in [5.74, 6) is 0.405. The van der Waals surface area contributed by atoms with Crippen molar-refractivity contribution in [1.82, 2.24) is 15.3 Å². The van der Waals surface area contributed by atoms with Crippen molar-refractivity contribution in [2.75, 3.05) is 6.54 Å². The van der Waals surface area contributed by atoms with Gasteiger partial charge in [0.15, 0.2) is 0 Å². The lowest BCUT2D eigenvalue weighted by molar-refractivity contribution is 0.389. The Balaban J connectivity index is 2.12. The van der Waals surface area contributed by atoms with Crippen molar-refractivity contribution in [2.45, 2.75) is 38.6 Å². The molecule has 0 radical (unpaired) electrons. The van der Waals surface area contributed by atoms with Gasteiger partial charge in [0.1, 0.15) is 5.82 Å². The Morgan fingerprint density at radius 2 is 2.31 bits per heavy atom. The maximum Gasteiger partial charge on any atom is 0.257 e. The zero-order valence-corrected chi connectivity index (χ0v) is 9.42. The SMILES string of the molecule is Cc1c(O)nc(CC2CCCCN2)[nH]c1=O. The minimum Gasteiger partial charge on any atom is -0.493 e. The van der Waals surface area contributed by atoms with E-state index in [2.05, 4.69) is 15.3 Å². The summed E-state index contributed by atoms with van der Waals surface area (Å²) in [5, 5.41) is 12.8. The number of aromatic amines is 1. The number of nitrogens with zero attached hydrogens (tertiary/aromatic N) is 1. The van der Waals surface area contributed by atoms with Crippen LogP contribution >= 0.6 is 0 Å². The minimum absolute atomic E-state index is 0.158. The number of rotatable bonds is 2. The average Bonchev–Trinajstić information content (AvgIpc) is 2.27. The third-order valence-corrected chi connectivity index (χ3v) is 3.03. The summed E-state index contributed by atoms with van der Waals surface area (Å²) in [6.45, 7) is 2.58. The van der Waals surface area contributed by atoms with Crippen molar-refractivity contribution in [3.63, 3.8) is 0 Å².